The summed E-state index contributed by atoms with van der Waals surface area (Å²) in [5.41, 5.74) is 3.53. The van der Waals surface area contributed by atoms with Crippen LogP contribution < -0.4 is 10.6 Å². The highest BCUT2D eigenvalue weighted by Gasteiger charge is 2.06. The summed E-state index contributed by atoms with van der Waals surface area (Å²) < 4.78 is 15.0. The van der Waals surface area contributed by atoms with E-state index in [-0.39, 0.29) is 11.8 Å². The van der Waals surface area contributed by atoms with Crippen molar-refractivity contribution in [2.24, 2.45) is 0 Å². The maximum atomic E-state index is 13.0. The van der Waals surface area contributed by atoms with E-state index in [1.54, 1.807) is 24.3 Å². The largest absolute Gasteiger partial charge is 0.345 e. The Morgan fingerprint density at radius 3 is 2.65 bits per heavy atom. The first-order valence-electron chi connectivity index (χ1n) is 8.21. The molecule has 0 saturated carbocycles. The van der Waals surface area contributed by atoms with Crippen molar-refractivity contribution < 1.29 is 9.18 Å². The molecule has 0 radical (unpaired) electrons. The van der Waals surface area contributed by atoms with Gasteiger partial charge in [0.25, 0.3) is 0 Å². The maximum Gasteiger partial charge on any atom is 0.319 e. The predicted molar refractivity (Wildman–Crippen MR) is 102 cm³/mol. The number of rotatable bonds is 5. The number of urea groups is 1. The number of nitrogens with one attached hydrogen (secondary N) is 2. The topological polar surface area (TPSA) is 46.1 Å². The second kappa shape index (κ2) is 8.06. The highest BCUT2D eigenvalue weighted by Crippen LogP contribution is 2.19. The quantitative estimate of drug-likeness (QED) is 0.654. The Bertz CT molecular complexity index is 906. The van der Waals surface area contributed by atoms with Crippen molar-refractivity contribution in [3.05, 3.63) is 88.5 Å². The predicted octanol–water partition coefficient (Wildman–Crippen LogP) is 4.96. The van der Waals surface area contributed by atoms with E-state index in [0.29, 0.717) is 23.8 Å². The molecule has 1 heterocycles. The summed E-state index contributed by atoms with van der Waals surface area (Å²) in [6.45, 7) is 2.89. The Morgan fingerprint density at radius 2 is 1.92 bits per heavy atom. The van der Waals surface area contributed by atoms with E-state index in [2.05, 4.69) is 10.6 Å². The lowest BCUT2D eigenvalue weighted by Gasteiger charge is -2.12. The minimum Gasteiger partial charge on any atom is -0.345 e. The maximum absolute atomic E-state index is 13.0. The summed E-state index contributed by atoms with van der Waals surface area (Å²) >= 11 is 6.06. The van der Waals surface area contributed by atoms with Crippen molar-refractivity contribution in [3.63, 3.8) is 0 Å². The number of aromatic nitrogens is 1. The lowest BCUT2D eigenvalue weighted by molar-refractivity contribution is 0.251. The number of amides is 2. The first-order chi connectivity index (χ1) is 12.5. The van der Waals surface area contributed by atoms with Gasteiger partial charge in [-0.2, -0.15) is 0 Å². The summed E-state index contributed by atoms with van der Waals surface area (Å²) in [5.74, 6) is -0.254. The molecule has 0 aliphatic carbocycles. The third-order valence-corrected chi connectivity index (χ3v) is 4.46. The average molecular weight is 372 g/mol. The van der Waals surface area contributed by atoms with Gasteiger partial charge in [-0.05, 0) is 54.4 Å². The fourth-order valence-electron chi connectivity index (χ4n) is 2.57. The molecule has 1 aromatic heterocycles. The van der Waals surface area contributed by atoms with Gasteiger partial charge in [0.05, 0.1) is 6.54 Å². The van der Waals surface area contributed by atoms with Crippen LogP contribution in [0.4, 0.5) is 14.9 Å². The summed E-state index contributed by atoms with van der Waals surface area (Å²) in [7, 11) is 0. The standard InChI is InChI=1S/C20H19ClFN3O/c1-14-4-9-17(11-19(14)21)24-20(26)23-12-18-3-2-10-25(18)13-15-5-7-16(22)8-6-15/h2-11H,12-13H2,1H3,(H2,23,24,26). The molecule has 2 amide bonds. The van der Waals surface area contributed by atoms with Crippen molar-refractivity contribution in [1.82, 2.24) is 9.88 Å². The molecule has 0 spiro atoms. The monoisotopic (exact) mass is 371 g/mol. The van der Waals surface area contributed by atoms with Gasteiger partial charge in [-0.3, -0.25) is 0 Å². The van der Waals surface area contributed by atoms with E-state index in [0.717, 1.165) is 16.8 Å². The third kappa shape index (κ3) is 4.64. The lowest BCUT2D eigenvalue weighted by atomic mass is 10.2. The molecular formula is C20H19ClFN3O. The molecule has 0 bridgehead atoms. The number of hydrogen-bond acceptors (Lipinski definition) is 1. The van der Waals surface area contributed by atoms with Crippen LogP contribution in [-0.4, -0.2) is 10.6 Å². The highest BCUT2D eigenvalue weighted by molar-refractivity contribution is 6.31. The van der Waals surface area contributed by atoms with Gasteiger partial charge in [0.15, 0.2) is 0 Å². The molecule has 2 N–H and O–H groups in total. The van der Waals surface area contributed by atoms with Gasteiger partial charge in [0, 0.05) is 29.1 Å². The van der Waals surface area contributed by atoms with Crippen molar-refractivity contribution in [2.45, 2.75) is 20.0 Å². The second-order valence-electron chi connectivity index (χ2n) is 6.03. The van der Waals surface area contributed by atoms with Crippen LogP contribution in [-0.2, 0) is 13.1 Å². The molecule has 0 aliphatic heterocycles. The van der Waals surface area contributed by atoms with Crippen LogP contribution in [0.25, 0.3) is 0 Å². The number of hydrogen-bond donors (Lipinski definition) is 2. The van der Waals surface area contributed by atoms with E-state index in [9.17, 15) is 9.18 Å². The van der Waals surface area contributed by atoms with Crippen LogP contribution in [0.3, 0.4) is 0 Å². The molecule has 0 atom stereocenters. The number of carbonyl (C=O) groups is 1. The van der Waals surface area contributed by atoms with Crippen LogP contribution in [0.15, 0.2) is 60.8 Å². The molecule has 0 fully saturated rings. The molecule has 3 aromatic rings. The number of carbonyl (C=O) groups excluding carboxylic acids is 1. The van der Waals surface area contributed by atoms with E-state index in [1.807, 2.05) is 35.9 Å². The van der Waals surface area contributed by atoms with Crippen LogP contribution in [0, 0.1) is 12.7 Å². The number of benzene rings is 2. The van der Waals surface area contributed by atoms with Gasteiger partial charge in [0.2, 0.25) is 0 Å². The fourth-order valence-corrected chi connectivity index (χ4v) is 2.75. The Balaban J connectivity index is 1.58. The van der Waals surface area contributed by atoms with Crippen LogP contribution in [0.5, 0.6) is 0 Å². The zero-order valence-corrected chi connectivity index (χ0v) is 15.1. The number of aryl methyl sites for hydroxylation is 1. The zero-order valence-electron chi connectivity index (χ0n) is 14.3. The first kappa shape index (κ1) is 18.0. The van der Waals surface area contributed by atoms with E-state index < -0.39 is 0 Å². The minimum atomic E-state index is -0.306. The van der Waals surface area contributed by atoms with Crippen molar-refractivity contribution in [2.75, 3.05) is 5.32 Å². The average Bonchev–Trinajstić information content (AvgIpc) is 3.05. The number of nitrogens with zero attached hydrogens (tertiary/aromatic N) is 1. The number of halogens is 2. The summed E-state index contributed by atoms with van der Waals surface area (Å²) in [6.07, 6.45) is 1.93. The van der Waals surface area contributed by atoms with Gasteiger partial charge in [0.1, 0.15) is 5.82 Å². The molecule has 0 aliphatic rings. The van der Waals surface area contributed by atoms with Gasteiger partial charge in [-0.25, -0.2) is 9.18 Å². The smallest absolute Gasteiger partial charge is 0.319 e. The highest BCUT2D eigenvalue weighted by atomic mass is 35.5. The Kier molecular flexibility index (Phi) is 5.58. The van der Waals surface area contributed by atoms with Gasteiger partial charge >= 0.3 is 6.03 Å². The second-order valence-corrected chi connectivity index (χ2v) is 6.43. The Hall–Kier alpha value is -2.79. The lowest BCUT2D eigenvalue weighted by Crippen LogP contribution is -2.29. The minimum absolute atomic E-state index is 0.254. The molecule has 0 saturated heterocycles. The van der Waals surface area contributed by atoms with Crippen molar-refractivity contribution in [1.29, 1.82) is 0 Å². The molecule has 6 heteroatoms. The first-order valence-corrected chi connectivity index (χ1v) is 8.58. The summed E-state index contributed by atoms with van der Waals surface area (Å²) in [4.78, 5) is 12.1. The zero-order chi connectivity index (χ0) is 18.5. The fraction of sp³-hybridized carbons (Fsp3) is 0.150. The SMILES string of the molecule is Cc1ccc(NC(=O)NCc2cccn2Cc2ccc(F)cc2)cc1Cl. The van der Waals surface area contributed by atoms with Crippen LogP contribution in [0.2, 0.25) is 5.02 Å². The summed E-state index contributed by atoms with van der Waals surface area (Å²) in [6, 6.07) is 15.3. The van der Waals surface area contributed by atoms with Gasteiger partial charge in [-0.15, -0.1) is 0 Å². The van der Waals surface area contributed by atoms with Gasteiger partial charge in [-0.1, -0.05) is 29.8 Å². The van der Waals surface area contributed by atoms with Gasteiger partial charge < -0.3 is 15.2 Å². The molecule has 0 unspecified atom stereocenters. The molecule has 3 rings (SSSR count). The molecule has 26 heavy (non-hydrogen) atoms. The Labute approximate surface area is 156 Å². The van der Waals surface area contributed by atoms with Crippen LogP contribution >= 0.6 is 11.6 Å². The van der Waals surface area contributed by atoms with E-state index >= 15 is 0 Å². The van der Waals surface area contributed by atoms with Crippen molar-refractivity contribution in [3.8, 4) is 0 Å². The van der Waals surface area contributed by atoms with E-state index in [1.165, 1.54) is 12.1 Å². The van der Waals surface area contributed by atoms with Crippen LogP contribution in [0.1, 0.15) is 16.8 Å². The molecular weight excluding hydrogens is 353 g/mol. The van der Waals surface area contributed by atoms with Crippen molar-refractivity contribution >= 4 is 23.3 Å². The number of anilines is 1. The molecule has 4 nitrogen and oxygen atoms in total. The summed E-state index contributed by atoms with van der Waals surface area (Å²) in [5, 5.41) is 6.20. The molecule has 2 aromatic carbocycles. The molecule has 134 valence electrons. The third-order valence-electron chi connectivity index (χ3n) is 4.05. The normalized spacial score (nSPS) is 10.6. The van der Waals surface area contributed by atoms with E-state index in [4.69, 9.17) is 11.6 Å². The Morgan fingerprint density at radius 1 is 1.15 bits per heavy atom.